The maximum Gasteiger partial charge on any atom is 0.0864 e. The molecule has 0 radical (unpaired) electrons. The maximum atomic E-state index is 9.25. The zero-order valence-electron chi connectivity index (χ0n) is 17.0. The Labute approximate surface area is 183 Å². The second kappa shape index (κ2) is 7.32. The molecule has 1 aromatic carbocycles. The fourth-order valence-corrected chi connectivity index (χ4v) is 3.95. The Morgan fingerprint density at radius 3 is 1.81 bits per heavy atom. The summed E-state index contributed by atoms with van der Waals surface area (Å²) in [6.45, 7) is 0. The molecular weight excluding hydrogens is 396 g/mol. The second-order valence-corrected chi connectivity index (χ2v) is 7.77. The highest BCUT2D eigenvalue weighted by atomic mass is 16.2. The van der Waals surface area contributed by atoms with Gasteiger partial charge in [0.05, 0.1) is 40.5 Å². The molecule has 5 heteroatoms. The van der Waals surface area contributed by atoms with Crippen molar-refractivity contribution in [2.45, 2.75) is 0 Å². The predicted octanol–water partition coefficient (Wildman–Crippen LogP) is 3.53. The third kappa shape index (κ3) is 3.46. The average molecular weight is 414 g/mol. The SMILES string of the molecule is OC=c1ccc(=c2cc3[nH]c2=CC2=NC(=CC4=NC(=CC5=NC(=C3)C=C5)C=C4)C=C2)cc1. The molecule has 6 rings (SSSR count). The minimum absolute atomic E-state index is 0.763. The lowest BCUT2D eigenvalue weighted by atomic mass is 10.2. The molecule has 4 aliphatic heterocycles. The van der Waals surface area contributed by atoms with Crippen LogP contribution in [0.1, 0.15) is 5.69 Å². The van der Waals surface area contributed by atoms with Crippen LogP contribution in [0.25, 0.3) is 18.4 Å². The highest BCUT2D eigenvalue weighted by molar-refractivity contribution is 6.20. The van der Waals surface area contributed by atoms with Crippen molar-refractivity contribution in [2.75, 3.05) is 0 Å². The highest BCUT2D eigenvalue weighted by Crippen LogP contribution is 2.18. The van der Waals surface area contributed by atoms with Gasteiger partial charge in [-0.05, 0) is 72.0 Å². The van der Waals surface area contributed by atoms with E-state index < -0.39 is 0 Å². The summed E-state index contributed by atoms with van der Waals surface area (Å²) in [7, 11) is 0. The van der Waals surface area contributed by atoms with Gasteiger partial charge in [-0.2, -0.15) is 0 Å². The molecule has 5 heterocycles. The second-order valence-electron chi connectivity index (χ2n) is 7.77. The molecule has 0 atom stereocenters. The third-order valence-corrected chi connectivity index (χ3v) is 5.48. The number of nitrogens with zero attached hydrogens (tertiary/aromatic N) is 3. The summed E-state index contributed by atoms with van der Waals surface area (Å²) in [4.78, 5) is 17.6. The van der Waals surface area contributed by atoms with Crippen LogP contribution in [-0.2, 0) is 0 Å². The van der Waals surface area contributed by atoms with E-state index in [1.807, 2.05) is 85.0 Å². The van der Waals surface area contributed by atoms with Gasteiger partial charge in [0.2, 0.25) is 0 Å². The monoisotopic (exact) mass is 414 g/mol. The quantitative estimate of drug-likeness (QED) is 0.680. The molecule has 0 saturated heterocycles. The van der Waals surface area contributed by atoms with Gasteiger partial charge in [0.1, 0.15) is 0 Å². The largest absolute Gasteiger partial charge is 0.515 e. The number of aliphatic hydroxyl groups is 1. The Morgan fingerprint density at radius 2 is 1.22 bits per heavy atom. The number of aliphatic imine (C=N–C) groups is 3. The first kappa shape index (κ1) is 18.3. The summed E-state index contributed by atoms with van der Waals surface area (Å²) < 4.78 is 0. The number of aliphatic hydroxyl groups excluding tert-OH is 1. The number of fused-ring (bicyclic) bond motifs is 5. The first-order valence-electron chi connectivity index (χ1n) is 10.3. The van der Waals surface area contributed by atoms with Crippen LogP contribution in [0.5, 0.6) is 0 Å². The van der Waals surface area contributed by atoms with Gasteiger partial charge in [-0.3, -0.25) is 0 Å². The molecule has 0 spiro atoms. The van der Waals surface area contributed by atoms with E-state index >= 15 is 0 Å². The Balaban J connectivity index is 1.62. The van der Waals surface area contributed by atoms with Crippen LogP contribution in [0.15, 0.2) is 111 Å². The molecule has 32 heavy (non-hydrogen) atoms. The van der Waals surface area contributed by atoms with E-state index in [1.165, 1.54) is 0 Å². The van der Waals surface area contributed by atoms with Crippen molar-refractivity contribution in [3.05, 3.63) is 123 Å². The highest BCUT2D eigenvalue weighted by Gasteiger charge is 2.10. The number of nitrogens with one attached hydrogen (secondary N) is 1. The Hall–Kier alpha value is -4.51. The molecule has 5 nitrogen and oxygen atoms in total. The Morgan fingerprint density at radius 1 is 0.656 bits per heavy atom. The van der Waals surface area contributed by atoms with Crippen molar-refractivity contribution >= 4 is 35.5 Å². The number of benzene rings is 1. The summed E-state index contributed by atoms with van der Waals surface area (Å²) in [6, 6.07) is 9.89. The van der Waals surface area contributed by atoms with Crippen LogP contribution in [-0.4, -0.2) is 27.2 Å². The lowest BCUT2D eigenvalue weighted by Crippen LogP contribution is -2.07. The minimum atomic E-state index is 0.763. The fraction of sp³-hybridized carbons (Fsp3) is 0. The summed E-state index contributed by atoms with van der Waals surface area (Å²) in [5.74, 6) is 0. The molecule has 0 fully saturated rings. The van der Waals surface area contributed by atoms with E-state index in [-0.39, 0.29) is 0 Å². The van der Waals surface area contributed by atoms with Gasteiger partial charge >= 0.3 is 0 Å². The van der Waals surface area contributed by atoms with Crippen molar-refractivity contribution in [1.82, 2.24) is 4.98 Å². The van der Waals surface area contributed by atoms with Crippen LogP contribution in [0.2, 0.25) is 0 Å². The summed E-state index contributed by atoms with van der Waals surface area (Å²) >= 11 is 0. The van der Waals surface area contributed by atoms with Crippen LogP contribution in [0, 0.1) is 10.4 Å². The van der Waals surface area contributed by atoms with Gasteiger partial charge in [0.25, 0.3) is 0 Å². The van der Waals surface area contributed by atoms with Gasteiger partial charge in [0, 0.05) is 21.5 Å². The van der Waals surface area contributed by atoms with Crippen molar-refractivity contribution in [3.8, 4) is 0 Å². The van der Waals surface area contributed by atoms with Crippen molar-refractivity contribution < 1.29 is 5.11 Å². The molecule has 2 aromatic rings. The molecule has 1 aromatic heterocycles. The smallest absolute Gasteiger partial charge is 0.0864 e. The zero-order chi connectivity index (χ0) is 21.5. The topological polar surface area (TPSA) is 73.1 Å². The lowest BCUT2D eigenvalue weighted by molar-refractivity contribution is 0.540. The molecule has 2 N–H and O–H groups in total. The molecule has 0 saturated carbocycles. The van der Waals surface area contributed by atoms with Crippen LogP contribution >= 0.6 is 0 Å². The normalized spacial score (nSPS) is 17.9. The van der Waals surface area contributed by atoms with E-state index in [4.69, 9.17) is 9.98 Å². The van der Waals surface area contributed by atoms with E-state index in [0.717, 1.165) is 67.2 Å². The number of rotatable bonds is 0. The van der Waals surface area contributed by atoms with E-state index in [0.29, 0.717) is 0 Å². The van der Waals surface area contributed by atoms with Gasteiger partial charge in [-0.25, -0.2) is 15.0 Å². The number of H-pyrrole nitrogens is 1. The number of hydrogen-bond donors (Lipinski definition) is 2. The number of aromatic amines is 1. The number of allylic oxidation sites excluding steroid dienone is 8. The van der Waals surface area contributed by atoms with E-state index in [9.17, 15) is 5.11 Å². The van der Waals surface area contributed by atoms with Gasteiger partial charge in [-0.15, -0.1) is 0 Å². The predicted molar refractivity (Wildman–Crippen MR) is 130 cm³/mol. The Kier molecular flexibility index (Phi) is 4.18. The standard InChI is InChI=1S/C27H18N4O/c32-16-17-1-3-18(4-2-17)26-14-25-13-23-8-7-21(29-23)11-19-5-6-20(28-19)12-22-9-10-24(30-22)15-27(26)31-25/h1-16,31-32H. The van der Waals surface area contributed by atoms with Gasteiger partial charge in [-0.1, -0.05) is 24.3 Å². The first-order chi connectivity index (χ1) is 15.7. The molecule has 4 aliphatic rings. The van der Waals surface area contributed by atoms with Crippen molar-refractivity contribution in [2.24, 2.45) is 15.0 Å². The zero-order valence-corrected chi connectivity index (χ0v) is 17.0. The molecular formula is C27H18N4O. The average Bonchev–Trinajstić information content (AvgIpc) is 3.59. The fourth-order valence-electron chi connectivity index (χ4n) is 3.95. The van der Waals surface area contributed by atoms with Crippen molar-refractivity contribution in [1.29, 1.82) is 0 Å². The molecule has 152 valence electrons. The number of hydrogen-bond acceptors (Lipinski definition) is 4. The van der Waals surface area contributed by atoms with Crippen LogP contribution in [0.3, 0.4) is 0 Å². The van der Waals surface area contributed by atoms with E-state index in [2.05, 4.69) is 16.0 Å². The first-order valence-corrected chi connectivity index (χ1v) is 10.3. The van der Waals surface area contributed by atoms with Crippen molar-refractivity contribution in [3.63, 3.8) is 0 Å². The lowest BCUT2D eigenvalue weighted by Gasteiger charge is -1.93. The van der Waals surface area contributed by atoms with E-state index in [1.54, 1.807) is 0 Å². The molecule has 8 bridgehead atoms. The van der Waals surface area contributed by atoms with Gasteiger partial charge in [0.15, 0.2) is 0 Å². The minimum Gasteiger partial charge on any atom is -0.515 e. The van der Waals surface area contributed by atoms with Crippen LogP contribution in [0.4, 0.5) is 0 Å². The molecule has 0 amide bonds. The molecule has 0 unspecified atom stereocenters. The number of aromatic nitrogens is 1. The third-order valence-electron chi connectivity index (χ3n) is 5.48. The molecule has 0 aliphatic carbocycles. The summed E-state index contributed by atoms with van der Waals surface area (Å²) in [6.07, 6.45) is 21.1. The summed E-state index contributed by atoms with van der Waals surface area (Å²) in [5, 5.41) is 13.1. The van der Waals surface area contributed by atoms with Gasteiger partial charge < -0.3 is 10.1 Å². The maximum absolute atomic E-state index is 9.25. The van der Waals surface area contributed by atoms with Crippen LogP contribution < -0.4 is 10.6 Å². The Bertz CT molecular complexity index is 1640. The summed E-state index contributed by atoms with van der Waals surface area (Å²) in [5.41, 5.74) is 6.17.